The topological polar surface area (TPSA) is 43.8 Å². The summed E-state index contributed by atoms with van der Waals surface area (Å²) in [5.74, 6) is 1.10. The molecule has 1 heterocycles. The van der Waals surface area contributed by atoms with Gasteiger partial charge >= 0.3 is 0 Å². The first-order chi connectivity index (χ1) is 9.11. The first-order valence-electron chi connectivity index (χ1n) is 6.98. The Morgan fingerprint density at radius 2 is 1.95 bits per heavy atom. The number of halogens is 1. The molecule has 0 amide bonds. The summed E-state index contributed by atoms with van der Waals surface area (Å²) in [6.07, 6.45) is 1.99. The molecule has 2 N–H and O–H groups in total. The predicted octanol–water partition coefficient (Wildman–Crippen LogP) is 3.73. The molecule has 0 aliphatic carbocycles. The Morgan fingerprint density at radius 1 is 1.26 bits per heavy atom. The Hall–Kier alpha value is -1.06. The van der Waals surface area contributed by atoms with Crippen LogP contribution in [-0.2, 0) is 12.0 Å². The van der Waals surface area contributed by atoms with Crippen molar-refractivity contribution in [2.75, 3.05) is 6.54 Å². The molecule has 2 aromatic rings. The number of nitrogens with zero attached hydrogens (tertiary/aromatic N) is 2. The molecule has 2 rings (SSSR count). The van der Waals surface area contributed by atoms with Gasteiger partial charge in [-0.15, -0.1) is 0 Å². The third-order valence-electron chi connectivity index (χ3n) is 4.25. The van der Waals surface area contributed by atoms with Crippen molar-refractivity contribution in [3.8, 4) is 0 Å². The molecule has 0 fully saturated rings. The second kappa shape index (κ2) is 5.51. The van der Waals surface area contributed by atoms with Gasteiger partial charge in [-0.05, 0) is 38.0 Å². The zero-order chi connectivity index (χ0) is 14.0. The molecule has 3 nitrogen and oxygen atoms in total. The quantitative estimate of drug-likeness (QED) is 0.906. The lowest BCUT2D eigenvalue weighted by molar-refractivity contribution is 0.369. The maximum Gasteiger partial charge on any atom is 0.117 e. The number of rotatable bonds is 5. The van der Waals surface area contributed by atoms with E-state index >= 15 is 0 Å². The summed E-state index contributed by atoms with van der Waals surface area (Å²) in [7, 11) is 0. The summed E-state index contributed by atoms with van der Waals surface area (Å²) in [6, 6.07) is 5.90. The van der Waals surface area contributed by atoms with E-state index in [9.17, 15) is 0 Å². The van der Waals surface area contributed by atoms with Crippen LogP contribution in [0, 0.1) is 0 Å². The number of aryl methyl sites for hydroxylation is 1. The minimum Gasteiger partial charge on any atom is -0.329 e. The van der Waals surface area contributed by atoms with Crippen LogP contribution in [0.2, 0.25) is 5.02 Å². The van der Waals surface area contributed by atoms with Crippen molar-refractivity contribution in [1.82, 2.24) is 9.55 Å². The largest absolute Gasteiger partial charge is 0.329 e. The van der Waals surface area contributed by atoms with Gasteiger partial charge in [0.2, 0.25) is 0 Å². The lowest BCUT2D eigenvalue weighted by atomic mass is 9.81. The summed E-state index contributed by atoms with van der Waals surface area (Å²) in [5.41, 5.74) is 8.12. The van der Waals surface area contributed by atoms with Crippen molar-refractivity contribution < 1.29 is 0 Å². The number of hydrogen-bond donors (Lipinski definition) is 1. The fourth-order valence-electron chi connectivity index (χ4n) is 2.77. The molecule has 0 aliphatic heterocycles. The van der Waals surface area contributed by atoms with E-state index in [-0.39, 0.29) is 5.41 Å². The SMILES string of the molecule is CCn1c(C(CC)(CC)CN)nc2cc(Cl)ccc21. The van der Waals surface area contributed by atoms with Gasteiger partial charge in [0.25, 0.3) is 0 Å². The van der Waals surface area contributed by atoms with E-state index in [1.165, 1.54) is 0 Å². The minimum atomic E-state index is -0.0402. The third kappa shape index (κ3) is 2.26. The van der Waals surface area contributed by atoms with E-state index in [4.69, 9.17) is 22.3 Å². The molecular formula is C15H22ClN3. The Labute approximate surface area is 119 Å². The average molecular weight is 280 g/mol. The molecular weight excluding hydrogens is 258 g/mol. The first kappa shape index (κ1) is 14.4. The van der Waals surface area contributed by atoms with Crippen molar-refractivity contribution >= 4 is 22.6 Å². The molecule has 1 aromatic carbocycles. The van der Waals surface area contributed by atoms with Crippen LogP contribution in [0.1, 0.15) is 39.4 Å². The highest BCUT2D eigenvalue weighted by Crippen LogP contribution is 2.33. The fraction of sp³-hybridized carbons (Fsp3) is 0.533. The first-order valence-corrected chi connectivity index (χ1v) is 7.36. The molecule has 4 heteroatoms. The van der Waals surface area contributed by atoms with Gasteiger partial charge in [-0.1, -0.05) is 25.4 Å². The third-order valence-corrected chi connectivity index (χ3v) is 4.48. The van der Waals surface area contributed by atoms with Crippen molar-refractivity contribution in [2.45, 2.75) is 45.6 Å². The number of nitrogens with two attached hydrogens (primary N) is 1. The Morgan fingerprint density at radius 3 is 2.47 bits per heavy atom. The van der Waals surface area contributed by atoms with Crippen molar-refractivity contribution in [1.29, 1.82) is 0 Å². The molecule has 0 saturated carbocycles. The molecule has 1 aromatic heterocycles. The zero-order valence-electron chi connectivity index (χ0n) is 11.9. The maximum atomic E-state index is 6.07. The van der Waals surface area contributed by atoms with Gasteiger partial charge in [0.05, 0.1) is 11.0 Å². The van der Waals surface area contributed by atoms with Gasteiger partial charge in [0, 0.05) is 23.5 Å². The van der Waals surface area contributed by atoms with Crippen LogP contribution in [0.25, 0.3) is 11.0 Å². The van der Waals surface area contributed by atoms with E-state index in [0.29, 0.717) is 6.54 Å². The number of aromatic nitrogens is 2. The zero-order valence-corrected chi connectivity index (χ0v) is 12.7. The van der Waals surface area contributed by atoms with E-state index < -0.39 is 0 Å². The molecule has 0 atom stereocenters. The molecule has 0 saturated heterocycles. The van der Waals surface area contributed by atoms with Crippen molar-refractivity contribution in [3.63, 3.8) is 0 Å². The molecule has 0 unspecified atom stereocenters. The van der Waals surface area contributed by atoms with Crippen molar-refractivity contribution in [2.24, 2.45) is 5.73 Å². The van der Waals surface area contributed by atoms with E-state index in [1.807, 2.05) is 18.2 Å². The molecule has 104 valence electrons. The highest BCUT2D eigenvalue weighted by Gasteiger charge is 2.32. The predicted molar refractivity (Wildman–Crippen MR) is 81.7 cm³/mol. The fourth-order valence-corrected chi connectivity index (χ4v) is 2.94. The molecule has 19 heavy (non-hydrogen) atoms. The van der Waals surface area contributed by atoms with Crippen molar-refractivity contribution in [3.05, 3.63) is 29.0 Å². The lowest BCUT2D eigenvalue weighted by Gasteiger charge is -2.30. The second-order valence-corrected chi connectivity index (χ2v) is 5.44. The molecule has 0 bridgehead atoms. The van der Waals surface area contributed by atoms with Gasteiger partial charge in [-0.2, -0.15) is 0 Å². The van der Waals surface area contributed by atoms with Crippen LogP contribution >= 0.6 is 11.6 Å². The number of imidazole rings is 1. The maximum absolute atomic E-state index is 6.07. The molecule has 0 spiro atoms. The van der Waals surface area contributed by atoms with E-state index in [1.54, 1.807) is 0 Å². The van der Waals surface area contributed by atoms with Gasteiger partial charge in [-0.3, -0.25) is 0 Å². The Bertz CT molecular complexity index is 562. The Kier molecular flexibility index (Phi) is 4.16. The van der Waals surface area contributed by atoms with Gasteiger partial charge in [0.15, 0.2) is 0 Å². The van der Waals surface area contributed by atoms with Crippen LogP contribution in [0.3, 0.4) is 0 Å². The van der Waals surface area contributed by atoms with Gasteiger partial charge in [-0.25, -0.2) is 4.98 Å². The van der Waals surface area contributed by atoms with Crippen LogP contribution in [0.5, 0.6) is 0 Å². The highest BCUT2D eigenvalue weighted by atomic mass is 35.5. The number of benzene rings is 1. The Balaban J connectivity index is 2.72. The van der Waals surface area contributed by atoms with Crippen LogP contribution in [0.15, 0.2) is 18.2 Å². The van der Waals surface area contributed by atoms with Crippen LogP contribution < -0.4 is 5.73 Å². The minimum absolute atomic E-state index is 0.0402. The van der Waals surface area contributed by atoms with E-state index in [0.717, 1.165) is 41.3 Å². The standard InChI is InChI=1S/C15H22ClN3/c1-4-15(5-2,10-17)14-18-12-9-11(16)7-8-13(12)19(14)6-3/h7-9H,4-6,10,17H2,1-3H3. The van der Waals surface area contributed by atoms with Gasteiger partial charge in [0.1, 0.15) is 5.82 Å². The summed E-state index contributed by atoms with van der Waals surface area (Å²) >= 11 is 6.07. The average Bonchev–Trinajstić information content (AvgIpc) is 2.79. The smallest absolute Gasteiger partial charge is 0.117 e. The summed E-state index contributed by atoms with van der Waals surface area (Å²) in [6.45, 7) is 8.03. The van der Waals surface area contributed by atoms with Crippen LogP contribution in [-0.4, -0.2) is 16.1 Å². The summed E-state index contributed by atoms with van der Waals surface area (Å²) in [4.78, 5) is 4.83. The second-order valence-electron chi connectivity index (χ2n) is 5.00. The monoisotopic (exact) mass is 279 g/mol. The number of hydrogen-bond acceptors (Lipinski definition) is 2. The van der Waals surface area contributed by atoms with Gasteiger partial charge < -0.3 is 10.3 Å². The molecule has 0 aliphatic rings. The lowest BCUT2D eigenvalue weighted by Crippen LogP contribution is -2.36. The number of fused-ring (bicyclic) bond motifs is 1. The van der Waals surface area contributed by atoms with Crippen LogP contribution in [0.4, 0.5) is 0 Å². The molecule has 0 radical (unpaired) electrons. The normalized spacial score (nSPS) is 12.3. The van der Waals surface area contributed by atoms with E-state index in [2.05, 4.69) is 25.3 Å². The summed E-state index contributed by atoms with van der Waals surface area (Å²) < 4.78 is 2.27. The highest BCUT2D eigenvalue weighted by molar-refractivity contribution is 6.31. The summed E-state index contributed by atoms with van der Waals surface area (Å²) in [5, 5.41) is 0.728.